The minimum Gasteiger partial charge on any atom is -0.467 e. The molecule has 1 fully saturated rings. The van der Waals surface area contributed by atoms with Gasteiger partial charge in [0.25, 0.3) is 5.91 Å². The lowest BCUT2D eigenvalue weighted by Crippen LogP contribution is -2.28. The van der Waals surface area contributed by atoms with E-state index in [1.807, 2.05) is 13.1 Å². The molecule has 2 N–H and O–H groups in total. The predicted molar refractivity (Wildman–Crippen MR) is 156 cm³/mol. The van der Waals surface area contributed by atoms with Crippen LogP contribution < -0.4 is 10.6 Å². The van der Waals surface area contributed by atoms with Gasteiger partial charge >= 0.3 is 0 Å². The summed E-state index contributed by atoms with van der Waals surface area (Å²) >= 11 is 18.8. The highest BCUT2D eigenvalue weighted by Gasteiger charge is 2.21. The molecule has 10 heteroatoms. The molecular weight excluding hydrogens is 595 g/mol. The molecule has 5 rings (SSSR count). The van der Waals surface area contributed by atoms with Crippen LogP contribution in [0.25, 0.3) is 0 Å². The molecule has 37 heavy (non-hydrogen) atoms. The predicted octanol–water partition coefficient (Wildman–Crippen LogP) is 6.24. The zero-order valence-electron chi connectivity index (χ0n) is 20.4. The van der Waals surface area contributed by atoms with Crippen LogP contribution in [0, 0.1) is 0 Å². The Balaban J connectivity index is 0.000000270. The number of hydrogen-bond donors (Lipinski definition) is 3. The first-order valence-corrected chi connectivity index (χ1v) is 14.1. The van der Waals surface area contributed by atoms with Gasteiger partial charge in [0.15, 0.2) is 0 Å². The second-order valence-electron chi connectivity index (χ2n) is 9.01. The van der Waals surface area contributed by atoms with Crippen molar-refractivity contribution in [1.82, 2.24) is 15.5 Å². The maximum absolute atomic E-state index is 12.6. The van der Waals surface area contributed by atoms with E-state index < -0.39 is 0 Å². The molecule has 2 aliphatic rings. The molecule has 0 radical (unpaired) electrons. The molecule has 2 heterocycles. The molecule has 0 atom stereocenters. The summed E-state index contributed by atoms with van der Waals surface area (Å²) in [5.41, 5.74) is 2.94. The van der Waals surface area contributed by atoms with Gasteiger partial charge in [0.2, 0.25) is 0 Å². The molecule has 1 aromatic heterocycles. The second-order valence-corrected chi connectivity index (χ2v) is 11.2. The fraction of sp³-hybridized carbons (Fsp3) is 0.333. The average Bonchev–Trinajstić information content (AvgIpc) is 3.34. The maximum Gasteiger partial charge on any atom is 0.256 e. The lowest BCUT2D eigenvalue weighted by atomic mass is 10.1. The molecule has 0 unspecified atom stereocenters. The number of thiol groups is 1. The summed E-state index contributed by atoms with van der Waals surface area (Å²) in [4.78, 5) is 19.4. The third-order valence-corrected chi connectivity index (χ3v) is 7.81. The zero-order chi connectivity index (χ0) is 26.4. The largest absolute Gasteiger partial charge is 0.467 e. The van der Waals surface area contributed by atoms with Crippen LogP contribution in [0.1, 0.15) is 40.1 Å². The molecule has 2 aromatic carbocycles. The number of aliphatic imine (C=N–C) groups is 1. The Labute approximate surface area is 241 Å². The van der Waals surface area contributed by atoms with Crippen molar-refractivity contribution in [2.24, 2.45) is 4.99 Å². The summed E-state index contributed by atoms with van der Waals surface area (Å²) in [5, 5.41) is 7.79. The van der Waals surface area contributed by atoms with Crippen molar-refractivity contribution in [1.29, 1.82) is 0 Å². The molecular formula is C27H29BrCl2N4O2S. The molecule has 1 aliphatic carbocycles. The van der Waals surface area contributed by atoms with Crippen LogP contribution in [-0.4, -0.2) is 49.4 Å². The maximum atomic E-state index is 12.6. The summed E-state index contributed by atoms with van der Waals surface area (Å²) in [7, 11) is 1.84. The molecule has 196 valence electrons. The fourth-order valence-electron chi connectivity index (χ4n) is 3.69. The van der Waals surface area contributed by atoms with Gasteiger partial charge in [-0.05, 0) is 43.0 Å². The fourth-order valence-corrected chi connectivity index (χ4v) is 5.03. The van der Waals surface area contributed by atoms with E-state index in [0.29, 0.717) is 39.6 Å². The Bertz CT molecular complexity index is 1240. The Morgan fingerprint density at radius 2 is 1.92 bits per heavy atom. The molecule has 0 saturated heterocycles. The number of carbonyl (C=O) groups excluding carboxylic acids is 1. The number of amidine groups is 1. The van der Waals surface area contributed by atoms with Crippen LogP contribution in [-0.2, 0) is 13.0 Å². The highest BCUT2D eigenvalue weighted by molar-refractivity contribution is 9.10. The smallest absolute Gasteiger partial charge is 0.256 e. The first-order chi connectivity index (χ1) is 17.8. The summed E-state index contributed by atoms with van der Waals surface area (Å²) in [6, 6.07) is 14.3. The molecule has 1 amide bonds. The van der Waals surface area contributed by atoms with E-state index in [2.05, 4.69) is 68.5 Å². The number of benzene rings is 2. The van der Waals surface area contributed by atoms with E-state index in [-0.39, 0.29) is 5.91 Å². The standard InChI is InChI=1S/C21H26N4O2.C6H3BrCl2S/c1-25(21(26)17-12-19(27-14-17)13-24-18-6-7-18)11-8-15-2-4-16(5-3-15)20-22-9-10-23-20;7-3-1-4(8)6(10)5(9)2-3/h2-5,12,14,18,24H,6-11,13H2,1H3,(H,22,23);1-2,10H. The van der Waals surface area contributed by atoms with Crippen molar-refractivity contribution in [3.8, 4) is 0 Å². The van der Waals surface area contributed by atoms with Crippen molar-refractivity contribution in [3.63, 3.8) is 0 Å². The van der Waals surface area contributed by atoms with Crippen molar-refractivity contribution in [3.05, 3.63) is 85.7 Å². The van der Waals surface area contributed by atoms with E-state index in [4.69, 9.17) is 27.6 Å². The van der Waals surface area contributed by atoms with Gasteiger partial charge in [0.05, 0.1) is 28.7 Å². The quantitative estimate of drug-likeness (QED) is 0.260. The van der Waals surface area contributed by atoms with Crippen LogP contribution in [0.5, 0.6) is 0 Å². The summed E-state index contributed by atoms with van der Waals surface area (Å²) < 4.78 is 6.37. The number of nitrogens with one attached hydrogen (secondary N) is 2. The van der Waals surface area contributed by atoms with Crippen molar-refractivity contribution in [2.75, 3.05) is 26.7 Å². The lowest BCUT2D eigenvalue weighted by Gasteiger charge is -2.16. The van der Waals surface area contributed by atoms with Gasteiger partial charge in [-0.1, -0.05) is 63.4 Å². The van der Waals surface area contributed by atoms with E-state index >= 15 is 0 Å². The van der Waals surface area contributed by atoms with Gasteiger partial charge in [0.1, 0.15) is 17.9 Å². The first kappa shape index (κ1) is 28.0. The lowest BCUT2D eigenvalue weighted by molar-refractivity contribution is 0.0796. The van der Waals surface area contributed by atoms with E-state index in [9.17, 15) is 4.79 Å². The first-order valence-electron chi connectivity index (χ1n) is 12.1. The number of carbonyl (C=O) groups is 1. The summed E-state index contributed by atoms with van der Waals surface area (Å²) in [5.74, 6) is 1.79. The summed E-state index contributed by atoms with van der Waals surface area (Å²) in [6.45, 7) is 3.11. The zero-order valence-corrected chi connectivity index (χ0v) is 24.4. The second kappa shape index (κ2) is 13.2. The minimum absolute atomic E-state index is 0.00227. The Hall–Kier alpha value is -1.97. The van der Waals surface area contributed by atoms with E-state index in [1.165, 1.54) is 18.4 Å². The van der Waals surface area contributed by atoms with Crippen LogP contribution in [0.3, 0.4) is 0 Å². The number of halogens is 3. The molecule has 0 bridgehead atoms. The molecule has 0 spiro atoms. The highest BCUT2D eigenvalue weighted by Crippen LogP contribution is 2.31. The Morgan fingerprint density at radius 1 is 1.22 bits per heavy atom. The number of nitrogens with zero attached hydrogens (tertiary/aromatic N) is 2. The summed E-state index contributed by atoms with van der Waals surface area (Å²) in [6.07, 6.45) is 4.85. The topological polar surface area (TPSA) is 69.9 Å². The molecule has 3 aromatic rings. The highest BCUT2D eigenvalue weighted by atomic mass is 79.9. The van der Waals surface area contributed by atoms with Crippen molar-refractivity contribution < 1.29 is 9.21 Å². The van der Waals surface area contributed by atoms with Gasteiger partial charge < -0.3 is 20.0 Å². The van der Waals surface area contributed by atoms with Gasteiger partial charge in [-0.25, -0.2) is 0 Å². The van der Waals surface area contributed by atoms with Crippen LogP contribution in [0.15, 0.2) is 67.5 Å². The van der Waals surface area contributed by atoms with Gasteiger partial charge in [-0.3, -0.25) is 9.79 Å². The SMILES string of the molecule is CN(CCc1ccc(C2=NCCN2)cc1)C(=O)c1coc(CNC2CC2)c1.Sc1c(Cl)cc(Br)cc1Cl. The Morgan fingerprint density at radius 3 is 2.54 bits per heavy atom. The number of likely N-dealkylation sites (N-methyl/N-ethyl adjacent to an activating group) is 1. The molecule has 1 saturated carbocycles. The van der Waals surface area contributed by atoms with Crippen LogP contribution in [0.4, 0.5) is 0 Å². The monoisotopic (exact) mass is 622 g/mol. The number of hydrogen-bond acceptors (Lipinski definition) is 6. The number of furan rings is 1. The normalized spacial score (nSPS) is 14.5. The van der Waals surface area contributed by atoms with Crippen LogP contribution >= 0.6 is 51.8 Å². The van der Waals surface area contributed by atoms with Gasteiger partial charge in [-0.15, -0.1) is 12.6 Å². The van der Waals surface area contributed by atoms with E-state index in [0.717, 1.165) is 41.1 Å². The van der Waals surface area contributed by atoms with Crippen molar-refractivity contribution in [2.45, 2.75) is 36.7 Å². The van der Waals surface area contributed by atoms with Crippen LogP contribution in [0.2, 0.25) is 10.0 Å². The molecule has 1 aliphatic heterocycles. The third kappa shape index (κ3) is 8.26. The third-order valence-electron chi connectivity index (χ3n) is 6.01. The average molecular weight is 624 g/mol. The van der Waals surface area contributed by atoms with Crippen molar-refractivity contribution >= 4 is 63.5 Å². The van der Waals surface area contributed by atoms with Gasteiger partial charge in [-0.2, -0.15) is 0 Å². The Kier molecular flexibility index (Phi) is 10.0. The minimum atomic E-state index is -0.00227. The molecule has 6 nitrogen and oxygen atoms in total. The van der Waals surface area contributed by atoms with E-state index in [1.54, 1.807) is 23.3 Å². The number of amides is 1. The number of rotatable bonds is 8. The van der Waals surface area contributed by atoms with Gasteiger partial charge in [0, 0.05) is 41.1 Å².